The standard InChI is InChI=1S/C15H19F3N2O/c1-19-9-7-11(8-10-19)20(2)14(21)12-5-3-4-6-13(12)15(16,17)18/h3-6,11H,7-10H2,1-2H3. The van der Waals surface area contributed by atoms with Crippen LogP contribution in [0.25, 0.3) is 0 Å². The van der Waals surface area contributed by atoms with Gasteiger partial charge in [0.05, 0.1) is 11.1 Å². The van der Waals surface area contributed by atoms with Crippen molar-refractivity contribution in [3.63, 3.8) is 0 Å². The van der Waals surface area contributed by atoms with E-state index < -0.39 is 17.6 Å². The number of hydrogen-bond acceptors (Lipinski definition) is 2. The minimum absolute atomic E-state index is 0.00464. The zero-order chi connectivity index (χ0) is 15.6. The van der Waals surface area contributed by atoms with Crippen molar-refractivity contribution in [2.45, 2.75) is 25.1 Å². The molecule has 1 saturated heterocycles. The third-order valence-electron chi connectivity index (χ3n) is 4.02. The van der Waals surface area contributed by atoms with Crippen LogP contribution in [-0.4, -0.2) is 48.9 Å². The molecule has 0 unspecified atom stereocenters. The molecule has 0 spiro atoms. The van der Waals surface area contributed by atoms with Crippen LogP contribution in [0, 0.1) is 0 Å². The number of hydrogen-bond donors (Lipinski definition) is 0. The van der Waals surface area contributed by atoms with Gasteiger partial charge in [-0.05, 0) is 45.1 Å². The first-order chi connectivity index (χ1) is 9.80. The molecule has 2 rings (SSSR count). The Hall–Kier alpha value is -1.56. The highest BCUT2D eigenvalue weighted by Gasteiger charge is 2.36. The molecular formula is C15H19F3N2O. The van der Waals surface area contributed by atoms with E-state index in [0.29, 0.717) is 0 Å². The van der Waals surface area contributed by atoms with E-state index in [2.05, 4.69) is 4.90 Å². The highest BCUT2D eigenvalue weighted by molar-refractivity contribution is 5.96. The van der Waals surface area contributed by atoms with Crippen LogP contribution in [-0.2, 0) is 6.18 Å². The van der Waals surface area contributed by atoms with Crippen LogP contribution in [0.5, 0.6) is 0 Å². The Morgan fingerprint density at radius 3 is 2.38 bits per heavy atom. The summed E-state index contributed by atoms with van der Waals surface area (Å²) >= 11 is 0. The third kappa shape index (κ3) is 3.56. The van der Waals surface area contributed by atoms with Gasteiger partial charge in [-0.25, -0.2) is 0 Å². The molecule has 1 fully saturated rings. The molecule has 0 aliphatic carbocycles. The van der Waals surface area contributed by atoms with Gasteiger partial charge in [0.1, 0.15) is 0 Å². The summed E-state index contributed by atoms with van der Waals surface area (Å²) in [5.74, 6) is -0.558. The second-order valence-electron chi connectivity index (χ2n) is 5.49. The molecule has 0 radical (unpaired) electrons. The van der Waals surface area contributed by atoms with Gasteiger partial charge in [-0.15, -0.1) is 0 Å². The summed E-state index contributed by atoms with van der Waals surface area (Å²) in [6, 6.07) is 4.96. The quantitative estimate of drug-likeness (QED) is 0.838. The zero-order valence-electron chi connectivity index (χ0n) is 12.2. The second kappa shape index (κ2) is 6.05. The van der Waals surface area contributed by atoms with E-state index in [4.69, 9.17) is 0 Å². The van der Waals surface area contributed by atoms with Gasteiger partial charge in [0.15, 0.2) is 0 Å². The molecule has 0 N–H and O–H groups in total. The number of likely N-dealkylation sites (tertiary alicyclic amines) is 1. The fraction of sp³-hybridized carbons (Fsp3) is 0.533. The summed E-state index contributed by atoms with van der Waals surface area (Å²) in [7, 11) is 3.59. The largest absolute Gasteiger partial charge is 0.417 e. The van der Waals surface area contributed by atoms with E-state index >= 15 is 0 Å². The molecule has 1 aliphatic heterocycles. The Morgan fingerprint density at radius 2 is 1.81 bits per heavy atom. The number of rotatable bonds is 2. The van der Waals surface area contributed by atoms with Crippen LogP contribution in [0.1, 0.15) is 28.8 Å². The molecule has 1 heterocycles. The minimum atomic E-state index is -4.51. The van der Waals surface area contributed by atoms with Crippen molar-refractivity contribution in [2.24, 2.45) is 0 Å². The first-order valence-corrected chi connectivity index (χ1v) is 6.92. The van der Waals surface area contributed by atoms with Crippen molar-refractivity contribution in [3.05, 3.63) is 35.4 Å². The summed E-state index contributed by atoms with van der Waals surface area (Å²) in [4.78, 5) is 16.0. The van der Waals surface area contributed by atoms with E-state index in [0.717, 1.165) is 32.0 Å². The van der Waals surface area contributed by atoms with E-state index in [1.54, 1.807) is 7.05 Å². The molecule has 6 heteroatoms. The Balaban J connectivity index is 2.20. The van der Waals surface area contributed by atoms with Gasteiger partial charge in [0, 0.05) is 13.1 Å². The summed E-state index contributed by atoms with van der Waals surface area (Å²) in [5, 5.41) is 0. The van der Waals surface area contributed by atoms with E-state index in [1.165, 1.54) is 23.1 Å². The van der Waals surface area contributed by atoms with Crippen LogP contribution in [0.4, 0.5) is 13.2 Å². The zero-order valence-corrected chi connectivity index (χ0v) is 12.2. The average molecular weight is 300 g/mol. The number of carbonyl (C=O) groups is 1. The van der Waals surface area contributed by atoms with Gasteiger partial charge < -0.3 is 9.80 Å². The van der Waals surface area contributed by atoms with Gasteiger partial charge in [-0.3, -0.25) is 4.79 Å². The number of benzene rings is 1. The summed E-state index contributed by atoms with van der Waals surface area (Å²) in [6.45, 7) is 1.70. The van der Waals surface area contributed by atoms with Crippen molar-refractivity contribution in [1.29, 1.82) is 0 Å². The molecule has 0 aromatic heterocycles. The Labute approximate surface area is 122 Å². The monoisotopic (exact) mass is 300 g/mol. The molecule has 1 aliphatic rings. The molecule has 1 aromatic carbocycles. The predicted octanol–water partition coefficient (Wildman–Crippen LogP) is 2.87. The molecular weight excluding hydrogens is 281 g/mol. The van der Waals surface area contributed by atoms with Crippen molar-refractivity contribution >= 4 is 5.91 Å². The smallest absolute Gasteiger partial charge is 0.339 e. The fourth-order valence-corrected chi connectivity index (χ4v) is 2.65. The molecule has 1 aromatic rings. The molecule has 3 nitrogen and oxygen atoms in total. The predicted molar refractivity (Wildman–Crippen MR) is 74.1 cm³/mol. The third-order valence-corrected chi connectivity index (χ3v) is 4.02. The maximum absolute atomic E-state index is 13.0. The molecule has 1 amide bonds. The number of halogens is 3. The molecule has 0 saturated carbocycles. The van der Waals surface area contributed by atoms with Gasteiger partial charge >= 0.3 is 6.18 Å². The van der Waals surface area contributed by atoms with E-state index in [1.807, 2.05) is 7.05 Å². The van der Waals surface area contributed by atoms with E-state index in [-0.39, 0.29) is 11.6 Å². The lowest BCUT2D eigenvalue weighted by Crippen LogP contribution is -2.44. The lowest BCUT2D eigenvalue weighted by molar-refractivity contribution is -0.138. The summed E-state index contributed by atoms with van der Waals surface area (Å²) in [6.07, 6.45) is -2.94. The van der Waals surface area contributed by atoms with E-state index in [9.17, 15) is 18.0 Å². The SMILES string of the molecule is CN1CCC(N(C)C(=O)c2ccccc2C(F)(F)F)CC1. The number of alkyl halides is 3. The lowest BCUT2D eigenvalue weighted by Gasteiger charge is -2.35. The maximum atomic E-state index is 13.0. The van der Waals surface area contributed by atoms with Crippen LogP contribution >= 0.6 is 0 Å². The molecule has 0 atom stereocenters. The highest BCUT2D eigenvalue weighted by atomic mass is 19.4. The fourth-order valence-electron chi connectivity index (χ4n) is 2.65. The minimum Gasteiger partial charge on any atom is -0.339 e. The summed E-state index contributed by atoms with van der Waals surface area (Å²) in [5.41, 5.74) is -1.14. The Kier molecular flexibility index (Phi) is 4.56. The average Bonchev–Trinajstić information content (AvgIpc) is 2.45. The van der Waals surface area contributed by atoms with Crippen LogP contribution < -0.4 is 0 Å². The Morgan fingerprint density at radius 1 is 1.24 bits per heavy atom. The normalized spacial score (nSPS) is 17.8. The van der Waals surface area contributed by atoms with Gasteiger partial charge in [0.2, 0.25) is 0 Å². The van der Waals surface area contributed by atoms with Gasteiger partial charge in [-0.2, -0.15) is 13.2 Å². The topological polar surface area (TPSA) is 23.6 Å². The first-order valence-electron chi connectivity index (χ1n) is 6.92. The van der Waals surface area contributed by atoms with Gasteiger partial charge in [-0.1, -0.05) is 12.1 Å². The Bertz CT molecular complexity index is 508. The highest BCUT2D eigenvalue weighted by Crippen LogP contribution is 2.32. The van der Waals surface area contributed by atoms with Crippen LogP contribution in [0.15, 0.2) is 24.3 Å². The molecule has 116 valence electrons. The molecule has 0 bridgehead atoms. The first kappa shape index (κ1) is 15.8. The molecule has 21 heavy (non-hydrogen) atoms. The van der Waals surface area contributed by atoms with Gasteiger partial charge in [0.25, 0.3) is 5.91 Å². The maximum Gasteiger partial charge on any atom is 0.417 e. The van der Waals surface area contributed by atoms with Crippen LogP contribution in [0.2, 0.25) is 0 Å². The number of piperidine rings is 1. The van der Waals surface area contributed by atoms with Crippen molar-refractivity contribution < 1.29 is 18.0 Å². The number of carbonyl (C=O) groups excluding carboxylic acids is 1. The van der Waals surface area contributed by atoms with Crippen molar-refractivity contribution in [1.82, 2.24) is 9.80 Å². The number of nitrogens with zero attached hydrogens (tertiary/aromatic N) is 2. The summed E-state index contributed by atoms with van der Waals surface area (Å²) < 4.78 is 39.0. The van der Waals surface area contributed by atoms with Crippen molar-refractivity contribution in [2.75, 3.05) is 27.2 Å². The lowest BCUT2D eigenvalue weighted by atomic mass is 10.0. The second-order valence-corrected chi connectivity index (χ2v) is 5.49. The van der Waals surface area contributed by atoms with Crippen molar-refractivity contribution in [3.8, 4) is 0 Å². The van der Waals surface area contributed by atoms with Crippen LogP contribution in [0.3, 0.4) is 0 Å². The number of amides is 1.